The SMILES string of the molecule is CCn1cc([N+](=O)[O-])cc1C(=O)N1CCCC(CO)C1. The Kier molecular flexibility index (Phi) is 4.39. The molecule has 110 valence electrons. The van der Waals surface area contributed by atoms with Gasteiger partial charge < -0.3 is 14.6 Å². The van der Waals surface area contributed by atoms with E-state index in [-0.39, 0.29) is 24.1 Å². The number of carbonyl (C=O) groups is 1. The van der Waals surface area contributed by atoms with Gasteiger partial charge in [-0.2, -0.15) is 0 Å². The zero-order chi connectivity index (χ0) is 14.7. The van der Waals surface area contributed by atoms with Crippen molar-refractivity contribution in [3.8, 4) is 0 Å². The number of aliphatic hydroxyl groups excluding tert-OH is 1. The molecule has 0 bridgehead atoms. The number of aliphatic hydroxyl groups is 1. The van der Waals surface area contributed by atoms with Crippen LogP contribution in [-0.4, -0.2) is 45.1 Å². The fourth-order valence-electron chi connectivity index (χ4n) is 2.60. The molecule has 1 aliphatic heterocycles. The summed E-state index contributed by atoms with van der Waals surface area (Å²) in [6.45, 7) is 3.56. The first-order valence-corrected chi connectivity index (χ1v) is 6.81. The molecule has 1 fully saturated rings. The summed E-state index contributed by atoms with van der Waals surface area (Å²) in [6.07, 6.45) is 3.15. The monoisotopic (exact) mass is 281 g/mol. The van der Waals surface area contributed by atoms with Crippen LogP contribution in [0.5, 0.6) is 0 Å². The van der Waals surface area contributed by atoms with Gasteiger partial charge in [0.1, 0.15) is 5.69 Å². The molecule has 1 atom stereocenters. The van der Waals surface area contributed by atoms with Gasteiger partial charge in [-0.1, -0.05) is 0 Å². The summed E-state index contributed by atoms with van der Waals surface area (Å²) in [4.78, 5) is 24.5. The van der Waals surface area contributed by atoms with Gasteiger partial charge in [0.05, 0.1) is 11.1 Å². The highest BCUT2D eigenvalue weighted by Crippen LogP contribution is 2.22. The number of nitro groups is 1. The second kappa shape index (κ2) is 6.04. The Bertz CT molecular complexity index is 512. The van der Waals surface area contributed by atoms with E-state index in [1.165, 1.54) is 12.3 Å². The van der Waals surface area contributed by atoms with E-state index in [0.29, 0.717) is 25.3 Å². The van der Waals surface area contributed by atoms with Crippen LogP contribution in [0, 0.1) is 16.0 Å². The third kappa shape index (κ3) is 2.82. The highest BCUT2D eigenvalue weighted by Gasteiger charge is 2.27. The maximum atomic E-state index is 12.5. The van der Waals surface area contributed by atoms with E-state index in [2.05, 4.69) is 0 Å². The Labute approximate surface area is 116 Å². The summed E-state index contributed by atoms with van der Waals surface area (Å²) >= 11 is 0. The minimum Gasteiger partial charge on any atom is -0.396 e. The zero-order valence-electron chi connectivity index (χ0n) is 11.5. The molecule has 2 rings (SSSR count). The van der Waals surface area contributed by atoms with E-state index in [9.17, 15) is 20.0 Å². The number of hydrogen-bond donors (Lipinski definition) is 1. The molecular formula is C13H19N3O4. The lowest BCUT2D eigenvalue weighted by atomic mass is 9.99. The standard InChI is InChI=1S/C13H19N3O4/c1-2-14-8-11(16(19)20)6-12(14)13(18)15-5-3-4-10(7-15)9-17/h6,8,10,17H,2-5,7,9H2,1H3. The van der Waals surface area contributed by atoms with Crippen molar-refractivity contribution in [3.05, 3.63) is 28.1 Å². The van der Waals surface area contributed by atoms with Gasteiger partial charge in [-0.05, 0) is 25.7 Å². The lowest BCUT2D eigenvalue weighted by Crippen LogP contribution is -2.41. The van der Waals surface area contributed by atoms with Crippen LogP contribution in [-0.2, 0) is 6.54 Å². The van der Waals surface area contributed by atoms with E-state index < -0.39 is 4.92 Å². The number of hydrogen-bond acceptors (Lipinski definition) is 4. The molecule has 1 aliphatic rings. The molecule has 0 aliphatic carbocycles. The summed E-state index contributed by atoms with van der Waals surface area (Å²) in [6, 6.07) is 1.33. The number of aromatic nitrogens is 1. The first-order chi connectivity index (χ1) is 9.56. The van der Waals surface area contributed by atoms with E-state index in [0.717, 1.165) is 12.8 Å². The summed E-state index contributed by atoms with van der Waals surface area (Å²) in [5, 5.41) is 20.0. The third-order valence-electron chi connectivity index (χ3n) is 3.72. The van der Waals surface area contributed by atoms with Crippen LogP contribution in [0.25, 0.3) is 0 Å². The first kappa shape index (κ1) is 14.5. The Morgan fingerprint density at radius 3 is 2.95 bits per heavy atom. The highest BCUT2D eigenvalue weighted by molar-refractivity contribution is 5.93. The quantitative estimate of drug-likeness (QED) is 0.664. The Balaban J connectivity index is 2.21. The van der Waals surface area contributed by atoms with Crippen molar-refractivity contribution in [2.45, 2.75) is 26.3 Å². The van der Waals surface area contributed by atoms with Crippen molar-refractivity contribution >= 4 is 11.6 Å². The van der Waals surface area contributed by atoms with Crippen LogP contribution in [0.3, 0.4) is 0 Å². The molecule has 1 amide bonds. The lowest BCUT2D eigenvalue weighted by Gasteiger charge is -2.31. The number of amides is 1. The highest BCUT2D eigenvalue weighted by atomic mass is 16.6. The Morgan fingerprint density at radius 1 is 1.60 bits per heavy atom. The van der Waals surface area contributed by atoms with Crippen molar-refractivity contribution in [3.63, 3.8) is 0 Å². The second-order valence-corrected chi connectivity index (χ2v) is 5.07. The van der Waals surface area contributed by atoms with Crippen LogP contribution in [0.1, 0.15) is 30.3 Å². The summed E-state index contributed by atoms with van der Waals surface area (Å²) in [7, 11) is 0. The molecule has 1 aromatic heterocycles. The van der Waals surface area contributed by atoms with Crippen LogP contribution in [0.15, 0.2) is 12.3 Å². The molecule has 0 spiro atoms. The molecule has 1 N–H and O–H groups in total. The van der Waals surface area contributed by atoms with E-state index in [1.54, 1.807) is 9.47 Å². The fraction of sp³-hybridized carbons (Fsp3) is 0.615. The van der Waals surface area contributed by atoms with Crippen LogP contribution in [0.2, 0.25) is 0 Å². The van der Waals surface area contributed by atoms with Gasteiger partial charge in [-0.25, -0.2) is 0 Å². The van der Waals surface area contributed by atoms with E-state index in [4.69, 9.17) is 0 Å². The topological polar surface area (TPSA) is 88.6 Å². The summed E-state index contributed by atoms with van der Waals surface area (Å²) in [5.74, 6) is -0.0918. The molecular weight excluding hydrogens is 262 g/mol. The first-order valence-electron chi connectivity index (χ1n) is 6.81. The molecule has 7 heteroatoms. The molecule has 0 radical (unpaired) electrons. The van der Waals surface area contributed by atoms with Gasteiger partial charge in [-0.15, -0.1) is 0 Å². The normalized spacial score (nSPS) is 19.1. The summed E-state index contributed by atoms with van der Waals surface area (Å²) < 4.78 is 1.60. The van der Waals surface area contributed by atoms with Crippen LogP contribution >= 0.6 is 0 Å². The maximum absolute atomic E-state index is 12.5. The largest absolute Gasteiger partial charge is 0.396 e. The minimum atomic E-state index is -0.490. The van der Waals surface area contributed by atoms with Gasteiger partial charge in [0.25, 0.3) is 11.6 Å². The number of carbonyl (C=O) groups excluding carboxylic acids is 1. The minimum absolute atomic E-state index is 0.0640. The van der Waals surface area contributed by atoms with Gasteiger partial charge in [0.2, 0.25) is 0 Å². The molecule has 0 aromatic carbocycles. The van der Waals surface area contributed by atoms with Gasteiger partial charge in [0.15, 0.2) is 0 Å². The van der Waals surface area contributed by atoms with Crippen molar-refractivity contribution in [2.24, 2.45) is 5.92 Å². The van der Waals surface area contributed by atoms with Crippen molar-refractivity contribution in [1.82, 2.24) is 9.47 Å². The molecule has 2 heterocycles. The Morgan fingerprint density at radius 2 is 2.35 bits per heavy atom. The second-order valence-electron chi connectivity index (χ2n) is 5.07. The average Bonchev–Trinajstić information content (AvgIpc) is 2.91. The maximum Gasteiger partial charge on any atom is 0.287 e. The van der Waals surface area contributed by atoms with Crippen LogP contribution < -0.4 is 0 Å². The lowest BCUT2D eigenvalue weighted by molar-refractivity contribution is -0.384. The molecule has 20 heavy (non-hydrogen) atoms. The number of rotatable bonds is 4. The van der Waals surface area contributed by atoms with E-state index in [1.807, 2.05) is 6.92 Å². The Hall–Kier alpha value is -1.89. The van der Waals surface area contributed by atoms with Crippen LogP contribution in [0.4, 0.5) is 5.69 Å². The molecule has 7 nitrogen and oxygen atoms in total. The predicted octanol–water partition coefficient (Wildman–Crippen LogP) is 1.26. The molecule has 1 unspecified atom stereocenters. The third-order valence-corrected chi connectivity index (χ3v) is 3.72. The van der Waals surface area contributed by atoms with Gasteiger partial charge in [0, 0.05) is 32.3 Å². The van der Waals surface area contributed by atoms with Gasteiger partial charge in [-0.3, -0.25) is 14.9 Å². The molecule has 1 aromatic rings. The number of likely N-dealkylation sites (tertiary alicyclic amines) is 1. The van der Waals surface area contributed by atoms with Crippen molar-refractivity contribution in [1.29, 1.82) is 0 Å². The van der Waals surface area contributed by atoms with Crippen molar-refractivity contribution in [2.75, 3.05) is 19.7 Å². The predicted molar refractivity (Wildman–Crippen MR) is 72.5 cm³/mol. The molecule has 1 saturated heterocycles. The number of piperidine rings is 1. The zero-order valence-corrected chi connectivity index (χ0v) is 11.5. The van der Waals surface area contributed by atoms with Crippen molar-refractivity contribution < 1.29 is 14.8 Å². The number of aryl methyl sites for hydroxylation is 1. The summed E-state index contributed by atoms with van der Waals surface area (Å²) in [5.41, 5.74) is 0.281. The number of nitrogens with zero attached hydrogens (tertiary/aromatic N) is 3. The fourth-order valence-corrected chi connectivity index (χ4v) is 2.60. The molecule has 0 saturated carbocycles. The van der Waals surface area contributed by atoms with E-state index >= 15 is 0 Å². The average molecular weight is 281 g/mol. The van der Waals surface area contributed by atoms with Gasteiger partial charge >= 0.3 is 0 Å². The smallest absolute Gasteiger partial charge is 0.287 e.